The normalized spacial score (nSPS) is 12.8. The van der Waals surface area contributed by atoms with Crippen molar-refractivity contribution in [2.75, 3.05) is 0 Å². The number of hydrogen-bond donors (Lipinski definition) is 0. The number of rotatable bonds is 0. The Hall–Kier alpha value is -2.50. The average Bonchev–Trinajstić information content (AvgIpc) is 2.80. The summed E-state index contributed by atoms with van der Waals surface area (Å²) < 4.78 is 0. The van der Waals surface area contributed by atoms with Gasteiger partial charge >= 0.3 is 0 Å². The summed E-state index contributed by atoms with van der Waals surface area (Å²) in [5.41, 5.74) is 3.51. The Morgan fingerprint density at radius 1 is 0.469 bits per heavy atom. The van der Waals surface area contributed by atoms with E-state index in [9.17, 15) is 0 Å². The van der Waals surface area contributed by atoms with Gasteiger partial charge in [-0.3, -0.25) is 9.98 Å². The first-order chi connectivity index (χ1) is 15.7. The van der Waals surface area contributed by atoms with Crippen LogP contribution >= 0.6 is 46.7 Å². The van der Waals surface area contributed by atoms with Crippen LogP contribution in [0.5, 0.6) is 0 Å². The van der Waals surface area contributed by atoms with Crippen LogP contribution in [0.15, 0.2) is 114 Å². The number of halogens is 2. The van der Waals surface area contributed by atoms with Crippen LogP contribution in [0.4, 0.5) is 11.4 Å². The smallest absolute Gasteiger partial charge is 0.0769 e. The van der Waals surface area contributed by atoms with Crippen molar-refractivity contribution in [2.45, 2.75) is 19.6 Å². The Labute approximate surface area is 205 Å². The van der Waals surface area contributed by atoms with Gasteiger partial charge in [0.25, 0.3) is 0 Å². The molecule has 0 atom stereocenters. The zero-order chi connectivity index (χ0) is 21.9. The van der Waals surface area contributed by atoms with Crippen molar-refractivity contribution in [1.82, 2.24) is 0 Å². The van der Waals surface area contributed by atoms with Crippen molar-refractivity contribution in [3.63, 3.8) is 0 Å². The predicted octanol–water partition coefficient (Wildman–Crippen LogP) is 9.11. The van der Waals surface area contributed by atoms with Gasteiger partial charge in [-0.25, -0.2) is 0 Å². The van der Waals surface area contributed by atoms with Crippen LogP contribution < -0.4 is 0 Å². The molecule has 0 N–H and O–H groups in total. The molecule has 0 amide bonds. The number of benzene rings is 4. The molecule has 4 aromatic carbocycles. The second-order valence-corrected chi connectivity index (χ2v) is 9.94. The first-order valence-corrected chi connectivity index (χ1v) is 12.3. The SMILES string of the molecule is Clc1cccc2c1C=Nc1ccccc1Sc1cccc(Cl)c1C=Nc1ccccc1S2. The molecule has 0 aliphatic carbocycles. The highest BCUT2D eigenvalue weighted by Gasteiger charge is 2.13. The molecule has 156 valence electrons. The molecule has 0 aromatic heterocycles. The van der Waals surface area contributed by atoms with Crippen LogP contribution in [-0.4, -0.2) is 12.4 Å². The van der Waals surface area contributed by atoms with E-state index in [1.807, 2.05) is 73.1 Å². The third-order valence-electron chi connectivity index (χ3n) is 4.86. The zero-order valence-electron chi connectivity index (χ0n) is 16.7. The summed E-state index contributed by atoms with van der Waals surface area (Å²) in [5.74, 6) is 0. The monoisotopic (exact) mass is 490 g/mol. The van der Waals surface area contributed by atoms with Crippen molar-refractivity contribution in [3.05, 3.63) is 106 Å². The number of hydrogen-bond acceptors (Lipinski definition) is 4. The van der Waals surface area contributed by atoms with Gasteiger partial charge < -0.3 is 0 Å². The summed E-state index contributed by atoms with van der Waals surface area (Å²) in [6, 6.07) is 27.9. The molecule has 0 fully saturated rings. The van der Waals surface area contributed by atoms with Gasteiger partial charge in [-0.1, -0.05) is 83.1 Å². The fourth-order valence-electron chi connectivity index (χ4n) is 3.27. The number of nitrogens with zero attached hydrogens (tertiary/aromatic N) is 2. The largest absolute Gasteiger partial charge is 0.255 e. The first kappa shape index (κ1) is 21.4. The summed E-state index contributed by atoms with van der Waals surface area (Å²) >= 11 is 16.4. The van der Waals surface area contributed by atoms with Crippen molar-refractivity contribution in [2.24, 2.45) is 9.98 Å². The molecule has 0 spiro atoms. The standard InChI is InChI=1S/C26H16Cl2N2S2/c27-19-7-6-14-24-17(19)15-29-21-9-1-3-11-25(21)31-23-13-5-8-20(28)18(23)16-30-22-10-2-4-12-26(22)32-24/h1-16H. The lowest BCUT2D eigenvalue weighted by molar-refractivity contribution is 1.32. The van der Waals surface area contributed by atoms with Gasteiger partial charge in [-0.2, -0.15) is 0 Å². The highest BCUT2D eigenvalue weighted by Crippen LogP contribution is 2.41. The fourth-order valence-corrected chi connectivity index (χ4v) is 5.88. The van der Waals surface area contributed by atoms with Crippen molar-refractivity contribution < 1.29 is 0 Å². The molecule has 6 heteroatoms. The Balaban J connectivity index is 1.74. The summed E-state index contributed by atoms with van der Waals surface area (Å²) in [6.45, 7) is 0. The minimum Gasteiger partial charge on any atom is -0.255 e. The maximum atomic E-state index is 6.58. The molecule has 0 radical (unpaired) electrons. The maximum Gasteiger partial charge on any atom is 0.0769 e. The van der Waals surface area contributed by atoms with Gasteiger partial charge in [0.05, 0.1) is 21.4 Å². The summed E-state index contributed by atoms with van der Waals surface area (Å²) in [5, 5.41) is 1.32. The average molecular weight is 491 g/mol. The molecule has 0 saturated heterocycles. The van der Waals surface area contributed by atoms with Crippen molar-refractivity contribution >= 4 is 70.5 Å². The van der Waals surface area contributed by atoms with Gasteiger partial charge in [0, 0.05) is 43.1 Å². The van der Waals surface area contributed by atoms with Gasteiger partial charge in [-0.05, 0) is 48.5 Å². The van der Waals surface area contributed by atoms with Crippen LogP contribution in [0.1, 0.15) is 11.1 Å². The molecule has 1 aliphatic rings. The van der Waals surface area contributed by atoms with Crippen molar-refractivity contribution in [1.29, 1.82) is 0 Å². The Morgan fingerprint density at radius 2 is 0.875 bits per heavy atom. The van der Waals surface area contributed by atoms with Crippen LogP contribution in [0.2, 0.25) is 10.0 Å². The summed E-state index contributed by atoms with van der Waals surface area (Å²) in [7, 11) is 0. The molecule has 32 heavy (non-hydrogen) atoms. The van der Waals surface area contributed by atoms with Crippen molar-refractivity contribution in [3.8, 4) is 0 Å². The molecule has 0 bridgehead atoms. The van der Waals surface area contributed by atoms with E-state index < -0.39 is 0 Å². The summed E-state index contributed by atoms with van der Waals surface area (Å²) in [4.78, 5) is 13.7. The Bertz CT molecular complexity index is 1260. The number of aliphatic imine (C=N–C) groups is 2. The number of para-hydroxylation sites is 2. The van der Waals surface area contributed by atoms with Crippen LogP contribution in [-0.2, 0) is 0 Å². The first-order valence-electron chi connectivity index (χ1n) is 9.88. The van der Waals surface area contributed by atoms with E-state index in [4.69, 9.17) is 33.2 Å². The molecule has 0 saturated carbocycles. The third-order valence-corrected chi connectivity index (χ3v) is 7.80. The highest BCUT2D eigenvalue weighted by molar-refractivity contribution is 7.99. The maximum absolute atomic E-state index is 6.58. The molecule has 0 unspecified atom stereocenters. The van der Waals surface area contributed by atoms with Crippen LogP contribution in [0.25, 0.3) is 0 Å². The molecular formula is C26H16Cl2N2S2. The van der Waals surface area contributed by atoms with Crippen LogP contribution in [0.3, 0.4) is 0 Å². The fraction of sp³-hybridized carbons (Fsp3) is 0. The zero-order valence-corrected chi connectivity index (χ0v) is 19.8. The summed E-state index contributed by atoms with van der Waals surface area (Å²) in [6.07, 6.45) is 3.70. The van der Waals surface area contributed by atoms with E-state index in [2.05, 4.69) is 24.3 Å². The van der Waals surface area contributed by atoms with E-state index in [-0.39, 0.29) is 0 Å². The van der Waals surface area contributed by atoms with E-state index in [1.165, 1.54) is 0 Å². The second kappa shape index (κ2) is 9.55. The van der Waals surface area contributed by atoms with Gasteiger partial charge in [-0.15, -0.1) is 0 Å². The molecule has 1 aliphatic heterocycles. The van der Waals surface area contributed by atoms with Gasteiger partial charge in [0.1, 0.15) is 0 Å². The quantitative estimate of drug-likeness (QED) is 0.216. The van der Waals surface area contributed by atoms with E-state index in [0.717, 1.165) is 42.1 Å². The van der Waals surface area contributed by atoms with E-state index in [1.54, 1.807) is 23.5 Å². The predicted molar refractivity (Wildman–Crippen MR) is 139 cm³/mol. The lowest BCUT2D eigenvalue weighted by Gasteiger charge is -2.12. The minimum absolute atomic E-state index is 0.661. The Kier molecular flexibility index (Phi) is 6.37. The third kappa shape index (κ3) is 4.50. The molecular weight excluding hydrogens is 475 g/mol. The molecule has 2 nitrogen and oxygen atoms in total. The topological polar surface area (TPSA) is 24.7 Å². The van der Waals surface area contributed by atoms with E-state index in [0.29, 0.717) is 10.0 Å². The second-order valence-electron chi connectivity index (χ2n) is 6.96. The van der Waals surface area contributed by atoms with E-state index >= 15 is 0 Å². The van der Waals surface area contributed by atoms with Gasteiger partial charge in [0.2, 0.25) is 0 Å². The lowest BCUT2D eigenvalue weighted by Crippen LogP contribution is -1.91. The molecule has 5 rings (SSSR count). The van der Waals surface area contributed by atoms with Crippen LogP contribution in [0, 0.1) is 0 Å². The lowest BCUT2D eigenvalue weighted by atomic mass is 10.2. The number of fused-ring (bicyclic) bond motifs is 4. The van der Waals surface area contributed by atoms with Gasteiger partial charge in [0.15, 0.2) is 0 Å². The Morgan fingerprint density at radius 3 is 1.34 bits per heavy atom. The molecule has 1 heterocycles. The highest BCUT2D eigenvalue weighted by atomic mass is 35.5. The minimum atomic E-state index is 0.661. The molecule has 4 aromatic rings.